The second kappa shape index (κ2) is 10.6. The van der Waals surface area contributed by atoms with Gasteiger partial charge in [-0.05, 0) is 110 Å². The van der Waals surface area contributed by atoms with Crippen LogP contribution in [-0.2, 0) is 25.2 Å². The molecule has 7 aromatic carbocycles. The first-order chi connectivity index (χ1) is 24.7. The zero-order chi connectivity index (χ0) is 36.4. The largest absolute Gasteiger partial charge is 0.416 e. The number of hydrogen-bond acceptors (Lipinski definition) is 4. The predicted octanol–water partition coefficient (Wildman–Crippen LogP) is 8.72. The number of halogens is 6. The van der Waals surface area contributed by atoms with Gasteiger partial charge in [-0.3, -0.25) is 29.8 Å². The second-order valence-corrected chi connectivity index (χ2v) is 13.0. The quantitative estimate of drug-likeness (QED) is 0.0829. The number of hydrogen-bond donors (Lipinski definition) is 2. The molecular formula is C40H20F6N2O4. The first-order valence-corrected chi connectivity index (χ1v) is 16.0. The Balaban J connectivity index is 1.44. The molecule has 0 radical (unpaired) electrons. The highest BCUT2D eigenvalue weighted by Gasteiger charge is 2.36. The van der Waals surface area contributed by atoms with Crippen LogP contribution in [0.3, 0.4) is 0 Å². The van der Waals surface area contributed by atoms with Crippen LogP contribution < -0.4 is 10.6 Å². The van der Waals surface area contributed by atoms with Gasteiger partial charge in [0.2, 0.25) is 0 Å². The van der Waals surface area contributed by atoms with Crippen molar-refractivity contribution in [1.82, 2.24) is 10.6 Å². The summed E-state index contributed by atoms with van der Waals surface area (Å²) in [5.41, 5.74) is 0.791. The Morgan fingerprint density at radius 1 is 0.404 bits per heavy atom. The van der Waals surface area contributed by atoms with Crippen LogP contribution in [-0.4, -0.2) is 23.6 Å². The van der Waals surface area contributed by atoms with Crippen LogP contribution in [0.1, 0.15) is 74.8 Å². The average Bonchev–Trinajstić information content (AvgIpc) is 3.09. The van der Waals surface area contributed by atoms with E-state index < -0.39 is 47.1 Å². The van der Waals surface area contributed by atoms with Gasteiger partial charge in [0.05, 0.1) is 16.7 Å². The Kier molecular flexibility index (Phi) is 6.46. The highest BCUT2D eigenvalue weighted by Crippen LogP contribution is 2.48. The van der Waals surface area contributed by atoms with Crippen molar-refractivity contribution in [1.29, 1.82) is 0 Å². The number of carbonyl (C=O) groups is 4. The molecule has 0 unspecified atom stereocenters. The van der Waals surface area contributed by atoms with Gasteiger partial charge in [-0.2, -0.15) is 26.3 Å². The molecule has 256 valence electrons. The summed E-state index contributed by atoms with van der Waals surface area (Å²) in [5.74, 6) is -2.56. The van der Waals surface area contributed by atoms with Crippen LogP contribution in [0.25, 0.3) is 43.1 Å². The molecule has 0 fully saturated rings. The zero-order valence-corrected chi connectivity index (χ0v) is 26.4. The second-order valence-electron chi connectivity index (χ2n) is 13.0. The number of rotatable bonds is 4. The monoisotopic (exact) mass is 706 g/mol. The van der Waals surface area contributed by atoms with Crippen molar-refractivity contribution in [3.63, 3.8) is 0 Å². The summed E-state index contributed by atoms with van der Waals surface area (Å²) >= 11 is 0. The third-order valence-corrected chi connectivity index (χ3v) is 10.1. The van der Waals surface area contributed by atoms with E-state index in [1.54, 1.807) is 36.4 Å². The smallest absolute Gasteiger partial charge is 0.288 e. The fourth-order valence-corrected chi connectivity index (χ4v) is 7.89. The molecule has 9 rings (SSSR count). The maximum absolute atomic E-state index is 13.9. The zero-order valence-electron chi connectivity index (χ0n) is 26.4. The van der Waals surface area contributed by atoms with E-state index in [4.69, 9.17) is 0 Å². The van der Waals surface area contributed by atoms with E-state index >= 15 is 0 Å². The molecule has 0 aliphatic carbocycles. The van der Waals surface area contributed by atoms with E-state index in [9.17, 15) is 45.5 Å². The molecule has 6 nitrogen and oxygen atoms in total. The van der Waals surface area contributed by atoms with Crippen molar-refractivity contribution in [2.24, 2.45) is 0 Å². The van der Waals surface area contributed by atoms with Gasteiger partial charge in [0.25, 0.3) is 23.6 Å². The number of alkyl halides is 6. The fraction of sp³-hybridized carbons (Fsp3) is 0.100. The first kappa shape index (κ1) is 31.7. The molecule has 0 atom stereocenters. The summed E-state index contributed by atoms with van der Waals surface area (Å²) in [7, 11) is 0. The highest BCUT2D eigenvalue weighted by molar-refractivity contribution is 6.42. The van der Waals surface area contributed by atoms with Gasteiger partial charge in [-0.25, -0.2) is 0 Å². The fourth-order valence-electron chi connectivity index (χ4n) is 7.89. The molecule has 0 bridgehead atoms. The van der Waals surface area contributed by atoms with Crippen molar-refractivity contribution in [3.8, 4) is 0 Å². The molecule has 4 amide bonds. The number of imide groups is 2. The van der Waals surface area contributed by atoms with E-state index in [1.165, 1.54) is 24.3 Å². The lowest BCUT2D eigenvalue weighted by Crippen LogP contribution is -2.36. The summed E-state index contributed by atoms with van der Waals surface area (Å²) in [6, 6.07) is 18.9. The minimum absolute atomic E-state index is 0.0189. The minimum Gasteiger partial charge on any atom is -0.288 e. The van der Waals surface area contributed by atoms with E-state index in [2.05, 4.69) is 10.6 Å². The van der Waals surface area contributed by atoms with Crippen molar-refractivity contribution in [2.75, 3.05) is 0 Å². The molecule has 2 heterocycles. The molecule has 0 saturated heterocycles. The molecule has 0 aromatic heterocycles. The lowest BCUT2D eigenvalue weighted by molar-refractivity contribution is -0.138. The number of carbonyl (C=O) groups excluding carboxylic acids is 4. The van der Waals surface area contributed by atoms with Crippen LogP contribution >= 0.6 is 0 Å². The first-order valence-electron chi connectivity index (χ1n) is 16.0. The normalized spacial score (nSPS) is 14.6. The van der Waals surface area contributed by atoms with Gasteiger partial charge in [-0.1, -0.05) is 42.5 Å². The Labute approximate surface area is 288 Å². The summed E-state index contributed by atoms with van der Waals surface area (Å²) in [5, 5.41) is 8.88. The van der Waals surface area contributed by atoms with Crippen molar-refractivity contribution >= 4 is 66.7 Å². The Morgan fingerprint density at radius 3 is 1.33 bits per heavy atom. The molecule has 2 aliphatic rings. The lowest BCUT2D eigenvalue weighted by Gasteiger charge is -2.28. The molecule has 0 saturated carbocycles. The molecule has 2 aliphatic heterocycles. The maximum Gasteiger partial charge on any atom is 0.416 e. The van der Waals surface area contributed by atoms with Gasteiger partial charge in [0, 0.05) is 27.5 Å². The van der Waals surface area contributed by atoms with E-state index in [-0.39, 0.29) is 35.1 Å². The number of amides is 4. The average molecular weight is 707 g/mol. The molecule has 0 spiro atoms. The van der Waals surface area contributed by atoms with Gasteiger partial charge in [0.1, 0.15) is 0 Å². The maximum atomic E-state index is 13.9. The van der Waals surface area contributed by atoms with Crippen LogP contribution in [0.2, 0.25) is 0 Å². The van der Waals surface area contributed by atoms with Crippen LogP contribution in [0, 0.1) is 0 Å². The van der Waals surface area contributed by atoms with E-state index in [0.717, 1.165) is 24.3 Å². The minimum atomic E-state index is -4.60. The standard InChI is InChI=1S/C40H20F6N2O4/c41-39(42,43)19-5-1-17(2-6-19)15-27-28(16-18-3-7-20(8-4-18)40(44,45)46)34-33-26(37(51)48-38(34)52)13-10-22-21-9-12-24-31-25(36(50)47-35(24)49)14-11-23(29(21)31)30(27)32(22)33/h1-14H,15-16H2,(H,47,49,50)(H,48,51,52). The highest BCUT2D eigenvalue weighted by atomic mass is 19.4. The van der Waals surface area contributed by atoms with Gasteiger partial charge >= 0.3 is 12.4 Å². The Bertz CT molecular complexity index is 2750. The van der Waals surface area contributed by atoms with Crippen molar-refractivity contribution in [3.05, 3.63) is 141 Å². The molecule has 52 heavy (non-hydrogen) atoms. The number of benzene rings is 7. The van der Waals surface area contributed by atoms with Gasteiger partial charge < -0.3 is 0 Å². The van der Waals surface area contributed by atoms with Crippen molar-refractivity contribution < 1.29 is 45.5 Å². The molecular weight excluding hydrogens is 686 g/mol. The summed E-state index contributed by atoms with van der Waals surface area (Å²) in [6.45, 7) is 0. The Morgan fingerprint density at radius 2 is 0.827 bits per heavy atom. The third kappa shape index (κ3) is 4.52. The topological polar surface area (TPSA) is 92.3 Å². The molecule has 12 heteroatoms. The third-order valence-electron chi connectivity index (χ3n) is 10.1. The summed E-state index contributed by atoms with van der Waals surface area (Å²) in [6.07, 6.45) is -9.28. The van der Waals surface area contributed by atoms with Crippen LogP contribution in [0.5, 0.6) is 0 Å². The Hall–Kier alpha value is -6.30. The van der Waals surface area contributed by atoms with Crippen LogP contribution in [0.4, 0.5) is 26.3 Å². The van der Waals surface area contributed by atoms with E-state index in [1.807, 2.05) is 0 Å². The van der Waals surface area contributed by atoms with Gasteiger partial charge in [0.15, 0.2) is 0 Å². The number of fused-ring (bicyclic) bond motifs is 2. The molecule has 2 N–H and O–H groups in total. The lowest BCUT2D eigenvalue weighted by atomic mass is 9.77. The van der Waals surface area contributed by atoms with Crippen molar-refractivity contribution in [2.45, 2.75) is 25.2 Å². The van der Waals surface area contributed by atoms with Crippen LogP contribution in [0.15, 0.2) is 84.9 Å². The predicted molar refractivity (Wildman–Crippen MR) is 180 cm³/mol. The summed E-state index contributed by atoms with van der Waals surface area (Å²) in [4.78, 5) is 53.3. The molecule has 7 aromatic rings. The SMILES string of the molecule is O=C1NC(=O)c2ccc3c4c(Cc5ccc(C(F)(F)F)cc5)c(Cc5ccc(C(F)(F)F)cc5)c5c6c(ccc(c7ccc1c2c73)c64)C(=O)NC5=O. The van der Waals surface area contributed by atoms with Gasteiger partial charge in [-0.15, -0.1) is 0 Å². The number of nitrogens with one attached hydrogen (secondary N) is 2. The van der Waals surface area contributed by atoms with E-state index in [0.29, 0.717) is 65.3 Å². The summed E-state index contributed by atoms with van der Waals surface area (Å²) < 4.78 is 81.1.